The number of piperidine rings is 1. The Morgan fingerprint density at radius 1 is 1.14 bits per heavy atom. The van der Waals surface area contributed by atoms with Crippen LogP contribution in [0.2, 0.25) is 0 Å². The predicted octanol–water partition coefficient (Wildman–Crippen LogP) is 4.28. The fraction of sp³-hybridized carbons (Fsp3) is 0.350. The van der Waals surface area contributed by atoms with E-state index in [4.69, 9.17) is 4.74 Å². The number of hydrogen-bond donors (Lipinski definition) is 0. The molecule has 1 aromatic heterocycles. The van der Waals surface area contributed by atoms with Gasteiger partial charge in [-0.05, 0) is 62.1 Å². The summed E-state index contributed by atoms with van der Waals surface area (Å²) < 4.78 is 47.6. The van der Waals surface area contributed by atoms with Crippen LogP contribution >= 0.6 is 11.3 Å². The lowest BCUT2D eigenvalue weighted by Crippen LogP contribution is -2.41. The minimum atomic E-state index is -3.51. The average molecular weight is 421 g/mol. The monoisotopic (exact) mass is 420 g/mol. The van der Waals surface area contributed by atoms with E-state index in [-0.39, 0.29) is 11.9 Å². The van der Waals surface area contributed by atoms with Crippen molar-refractivity contribution in [2.75, 3.05) is 13.1 Å². The Labute approximate surface area is 167 Å². The lowest BCUT2D eigenvalue weighted by atomic mass is 10.1. The van der Waals surface area contributed by atoms with Crippen molar-refractivity contribution in [3.63, 3.8) is 0 Å². The molecule has 5 nitrogen and oxygen atoms in total. The van der Waals surface area contributed by atoms with Gasteiger partial charge in [0.05, 0.1) is 15.1 Å². The fourth-order valence-electron chi connectivity index (χ4n) is 3.38. The maximum atomic E-state index is 13.3. The van der Waals surface area contributed by atoms with Crippen LogP contribution in [0.1, 0.15) is 24.0 Å². The molecule has 1 fully saturated rings. The Balaban J connectivity index is 1.44. The zero-order chi connectivity index (χ0) is 19.9. The molecule has 28 heavy (non-hydrogen) atoms. The summed E-state index contributed by atoms with van der Waals surface area (Å²) in [6, 6.07) is 9.94. The number of nitrogens with zero attached hydrogens (tertiary/aromatic N) is 2. The molecule has 148 valence electrons. The first-order chi connectivity index (χ1) is 13.3. The molecule has 0 N–H and O–H groups in total. The van der Waals surface area contributed by atoms with Crippen molar-refractivity contribution in [1.29, 1.82) is 0 Å². The van der Waals surface area contributed by atoms with E-state index >= 15 is 0 Å². The fourth-order valence-corrected chi connectivity index (χ4v) is 6.07. The largest absolute Gasteiger partial charge is 0.467 e. The van der Waals surface area contributed by atoms with Gasteiger partial charge in [-0.3, -0.25) is 0 Å². The van der Waals surface area contributed by atoms with Gasteiger partial charge in [0.1, 0.15) is 11.9 Å². The summed E-state index contributed by atoms with van der Waals surface area (Å²) in [4.78, 5) is 4.76. The molecule has 0 unspecified atom stereocenters. The van der Waals surface area contributed by atoms with Crippen molar-refractivity contribution < 1.29 is 17.5 Å². The highest BCUT2D eigenvalue weighted by atomic mass is 32.2. The van der Waals surface area contributed by atoms with Crippen LogP contribution < -0.4 is 4.74 Å². The van der Waals surface area contributed by atoms with Crippen LogP contribution in [0.5, 0.6) is 5.19 Å². The first-order valence-electron chi connectivity index (χ1n) is 9.13. The number of sulfonamides is 1. The Kier molecular flexibility index (Phi) is 5.11. The van der Waals surface area contributed by atoms with Gasteiger partial charge in [-0.25, -0.2) is 17.8 Å². The van der Waals surface area contributed by atoms with Crippen LogP contribution in [0, 0.1) is 19.7 Å². The van der Waals surface area contributed by atoms with Gasteiger partial charge in [0.2, 0.25) is 10.0 Å². The summed E-state index contributed by atoms with van der Waals surface area (Å²) in [5.74, 6) is -0.298. The second-order valence-corrected chi connectivity index (χ2v) is 9.98. The van der Waals surface area contributed by atoms with Crippen molar-refractivity contribution in [3.05, 3.63) is 53.3 Å². The molecule has 8 heteroatoms. The second-order valence-electron chi connectivity index (χ2n) is 7.08. The van der Waals surface area contributed by atoms with E-state index in [1.807, 2.05) is 26.0 Å². The molecule has 0 saturated carbocycles. The van der Waals surface area contributed by atoms with Crippen molar-refractivity contribution in [2.45, 2.75) is 37.7 Å². The van der Waals surface area contributed by atoms with Crippen LogP contribution in [0.15, 0.2) is 41.3 Å². The number of fused-ring (bicyclic) bond motifs is 1. The normalized spacial score (nSPS) is 16.5. The third-order valence-corrected chi connectivity index (χ3v) is 7.91. The number of benzene rings is 2. The van der Waals surface area contributed by atoms with Gasteiger partial charge in [0, 0.05) is 13.1 Å². The first-order valence-corrected chi connectivity index (χ1v) is 11.4. The molecule has 0 spiro atoms. The summed E-state index contributed by atoms with van der Waals surface area (Å²) in [7, 11) is -3.51. The van der Waals surface area contributed by atoms with E-state index in [0.717, 1.165) is 15.8 Å². The molecule has 0 aliphatic carbocycles. The molecule has 1 aliphatic rings. The third-order valence-electron chi connectivity index (χ3n) is 4.96. The van der Waals surface area contributed by atoms with E-state index in [9.17, 15) is 12.8 Å². The number of aromatic nitrogens is 1. The number of ether oxygens (including phenoxy) is 1. The molecule has 4 rings (SSSR count). The highest BCUT2D eigenvalue weighted by Gasteiger charge is 2.31. The molecule has 0 radical (unpaired) electrons. The molecule has 1 aliphatic heterocycles. The standard InChI is InChI=1S/C20H21FN2O3S2/c1-13-3-4-14(2)19(11-13)28(24,25)23-9-7-16(8-10-23)26-20-22-17-6-5-15(21)12-18(17)27-20/h3-6,11-12,16H,7-10H2,1-2H3. The minimum Gasteiger partial charge on any atom is -0.467 e. The maximum absolute atomic E-state index is 13.3. The van der Waals surface area contributed by atoms with Crippen LogP contribution in [0.3, 0.4) is 0 Å². The zero-order valence-corrected chi connectivity index (χ0v) is 17.3. The maximum Gasteiger partial charge on any atom is 0.274 e. The van der Waals surface area contributed by atoms with Gasteiger partial charge in [-0.15, -0.1) is 0 Å². The van der Waals surface area contributed by atoms with Crippen molar-refractivity contribution in [3.8, 4) is 5.19 Å². The van der Waals surface area contributed by atoms with Gasteiger partial charge in [-0.1, -0.05) is 23.5 Å². The van der Waals surface area contributed by atoms with Crippen LogP contribution in [-0.2, 0) is 10.0 Å². The Morgan fingerprint density at radius 2 is 1.89 bits per heavy atom. The molecule has 2 aromatic carbocycles. The van der Waals surface area contributed by atoms with Crippen LogP contribution in [-0.4, -0.2) is 36.9 Å². The number of rotatable bonds is 4. The molecule has 1 saturated heterocycles. The average Bonchev–Trinajstić information content (AvgIpc) is 3.05. The molecule has 0 amide bonds. The third kappa shape index (κ3) is 3.76. The van der Waals surface area contributed by atoms with Crippen molar-refractivity contribution in [2.24, 2.45) is 0 Å². The number of thiazole rings is 1. The van der Waals surface area contributed by atoms with Gasteiger partial charge < -0.3 is 4.74 Å². The Bertz CT molecular complexity index is 1120. The summed E-state index contributed by atoms with van der Waals surface area (Å²) in [5, 5.41) is 0.497. The minimum absolute atomic E-state index is 0.101. The van der Waals surface area contributed by atoms with E-state index in [2.05, 4.69) is 4.98 Å². The number of halogens is 1. The van der Waals surface area contributed by atoms with Gasteiger partial charge in [-0.2, -0.15) is 4.31 Å². The van der Waals surface area contributed by atoms with Gasteiger partial charge in [0.25, 0.3) is 5.19 Å². The van der Waals surface area contributed by atoms with E-state index in [1.54, 1.807) is 12.1 Å². The highest BCUT2D eigenvalue weighted by Crippen LogP contribution is 2.31. The highest BCUT2D eigenvalue weighted by molar-refractivity contribution is 7.89. The quantitative estimate of drug-likeness (QED) is 0.632. The number of aryl methyl sites for hydroxylation is 2. The van der Waals surface area contributed by atoms with Crippen molar-refractivity contribution in [1.82, 2.24) is 9.29 Å². The molecule has 0 bridgehead atoms. The second kappa shape index (κ2) is 7.42. The Hall–Kier alpha value is -2.03. The summed E-state index contributed by atoms with van der Waals surface area (Å²) in [5.41, 5.74) is 2.39. The zero-order valence-electron chi connectivity index (χ0n) is 15.7. The molecule has 3 aromatic rings. The SMILES string of the molecule is Cc1ccc(C)c(S(=O)(=O)N2CCC(Oc3nc4ccc(F)cc4s3)CC2)c1. The van der Waals surface area contributed by atoms with E-state index in [1.165, 1.54) is 27.8 Å². The lowest BCUT2D eigenvalue weighted by Gasteiger charge is -2.31. The predicted molar refractivity (Wildman–Crippen MR) is 108 cm³/mol. The molecule has 0 atom stereocenters. The first kappa shape index (κ1) is 19.3. The molecule has 2 heterocycles. The molecular weight excluding hydrogens is 399 g/mol. The number of hydrogen-bond acceptors (Lipinski definition) is 5. The topological polar surface area (TPSA) is 59.5 Å². The summed E-state index contributed by atoms with van der Waals surface area (Å²) in [6.07, 6.45) is 1.08. The van der Waals surface area contributed by atoms with Crippen molar-refractivity contribution >= 4 is 31.6 Å². The summed E-state index contributed by atoms with van der Waals surface area (Å²) >= 11 is 1.31. The summed E-state index contributed by atoms with van der Waals surface area (Å²) in [6.45, 7) is 4.51. The Morgan fingerprint density at radius 3 is 2.64 bits per heavy atom. The smallest absolute Gasteiger partial charge is 0.274 e. The van der Waals surface area contributed by atoms with Crippen LogP contribution in [0.25, 0.3) is 10.2 Å². The van der Waals surface area contributed by atoms with Gasteiger partial charge >= 0.3 is 0 Å². The van der Waals surface area contributed by atoms with Gasteiger partial charge in [0.15, 0.2) is 0 Å². The van der Waals surface area contributed by atoms with Crippen LogP contribution in [0.4, 0.5) is 4.39 Å². The van der Waals surface area contributed by atoms with E-state index < -0.39 is 10.0 Å². The van der Waals surface area contributed by atoms with E-state index in [0.29, 0.717) is 41.5 Å². The lowest BCUT2D eigenvalue weighted by molar-refractivity contribution is 0.135. The molecular formula is C20H21FN2O3S2.